The molecular formula is C18H24F6N2O3. The largest absolute Gasteiger partial charge is 0.491 e. The number of benzene rings is 1. The van der Waals surface area contributed by atoms with E-state index in [2.05, 4.69) is 9.64 Å². The number of nitrogens with one attached hydrogen (secondary N) is 1. The molecule has 11 heteroatoms. The van der Waals surface area contributed by atoms with Crippen LogP contribution in [0.15, 0.2) is 18.2 Å². The maximum Gasteiger partial charge on any atom is 0.433 e. The van der Waals surface area contributed by atoms with Gasteiger partial charge in [-0.1, -0.05) is 0 Å². The van der Waals surface area contributed by atoms with Gasteiger partial charge in [0.05, 0.1) is 31.1 Å². The zero-order valence-electron chi connectivity index (χ0n) is 15.9. The van der Waals surface area contributed by atoms with Crippen molar-refractivity contribution in [2.75, 3.05) is 51.4 Å². The van der Waals surface area contributed by atoms with Gasteiger partial charge in [0.15, 0.2) is 0 Å². The topological polar surface area (TPSA) is 43.0 Å². The SMILES string of the molecule is CCOC(Nc1cc(C(F)(F)F)ccc1OCCCN1CCOCC1)C(F)(F)F. The van der Waals surface area contributed by atoms with Crippen LogP contribution in [0.3, 0.4) is 0 Å². The van der Waals surface area contributed by atoms with Crippen molar-refractivity contribution in [1.29, 1.82) is 0 Å². The van der Waals surface area contributed by atoms with Crippen LogP contribution in [-0.4, -0.2) is 63.4 Å². The summed E-state index contributed by atoms with van der Waals surface area (Å²) in [5.41, 5.74) is -1.51. The second kappa shape index (κ2) is 10.4. The number of hydrogen-bond acceptors (Lipinski definition) is 5. The summed E-state index contributed by atoms with van der Waals surface area (Å²) < 4.78 is 93.6. The van der Waals surface area contributed by atoms with Gasteiger partial charge >= 0.3 is 12.4 Å². The molecule has 0 radical (unpaired) electrons. The van der Waals surface area contributed by atoms with Gasteiger partial charge in [0, 0.05) is 26.2 Å². The first-order valence-electron chi connectivity index (χ1n) is 9.20. The second-order valence-electron chi connectivity index (χ2n) is 6.39. The molecule has 1 aliphatic rings. The van der Waals surface area contributed by atoms with Gasteiger partial charge < -0.3 is 19.5 Å². The van der Waals surface area contributed by atoms with Crippen molar-refractivity contribution >= 4 is 5.69 Å². The molecule has 0 saturated carbocycles. The Morgan fingerprint density at radius 1 is 1.14 bits per heavy atom. The van der Waals surface area contributed by atoms with E-state index in [-0.39, 0.29) is 19.0 Å². The van der Waals surface area contributed by atoms with Crippen molar-refractivity contribution in [3.8, 4) is 5.75 Å². The van der Waals surface area contributed by atoms with Gasteiger partial charge in [-0.05, 0) is 31.5 Å². The lowest BCUT2D eigenvalue weighted by Crippen LogP contribution is -2.39. The molecule has 1 aromatic carbocycles. The number of alkyl halides is 6. The number of morpholine rings is 1. The standard InChI is InChI=1S/C18H24F6N2O3/c1-2-28-16(18(22,23)24)25-14-12-13(17(19,20)21)4-5-15(14)29-9-3-6-26-7-10-27-11-8-26/h4-5,12,16,25H,2-3,6-11H2,1H3. The van der Waals surface area contributed by atoms with E-state index >= 15 is 0 Å². The minimum atomic E-state index is -4.81. The molecule has 1 saturated heterocycles. The molecule has 1 aromatic rings. The van der Waals surface area contributed by atoms with E-state index in [0.29, 0.717) is 32.2 Å². The lowest BCUT2D eigenvalue weighted by atomic mass is 10.1. The van der Waals surface area contributed by atoms with E-state index in [1.165, 1.54) is 6.92 Å². The van der Waals surface area contributed by atoms with Gasteiger partial charge in [-0.3, -0.25) is 4.90 Å². The molecular weight excluding hydrogens is 406 g/mol. The summed E-state index contributed by atoms with van der Waals surface area (Å²) in [5.74, 6) is -0.103. The average molecular weight is 430 g/mol. The minimum Gasteiger partial charge on any atom is -0.491 e. The van der Waals surface area contributed by atoms with Gasteiger partial charge in [-0.25, -0.2) is 0 Å². The molecule has 1 unspecified atom stereocenters. The molecule has 2 rings (SSSR count). The molecule has 1 fully saturated rings. The summed E-state index contributed by atoms with van der Waals surface area (Å²) in [6.07, 6.45) is -11.4. The smallest absolute Gasteiger partial charge is 0.433 e. The average Bonchev–Trinajstić information content (AvgIpc) is 2.65. The summed E-state index contributed by atoms with van der Waals surface area (Å²) >= 11 is 0. The Kier molecular flexibility index (Phi) is 8.41. The lowest BCUT2D eigenvalue weighted by Gasteiger charge is -2.26. The summed E-state index contributed by atoms with van der Waals surface area (Å²) in [5, 5.41) is 1.99. The molecule has 0 spiro atoms. The highest BCUT2D eigenvalue weighted by Crippen LogP contribution is 2.36. The van der Waals surface area contributed by atoms with Crippen LogP contribution in [0, 0.1) is 0 Å². The number of hydrogen-bond donors (Lipinski definition) is 1. The van der Waals surface area contributed by atoms with E-state index in [9.17, 15) is 26.3 Å². The summed E-state index contributed by atoms with van der Waals surface area (Å²) in [4.78, 5) is 2.15. The molecule has 166 valence electrons. The van der Waals surface area contributed by atoms with Gasteiger partial charge in [0.25, 0.3) is 0 Å². The Balaban J connectivity index is 2.08. The Bertz CT molecular complexity index is 633. The van der Waals surface area contributed by atoms with Crippen LogP contribution in [0.5, 0.6) is 5.75 Å². The summed E-state index contributed by atoms with van der Waals surface area (Å²) in [6, 6.07) is 2.38. The predicted octanol–water partition coefficient (Wildman–Crippen LogP) is 4.14. The molecule has 0 bridgehead atoms. The molecule has 1 N–H and O–H groups in total. The second-order valence-corrected chi connectivity index (χ2v) is 6.39. The molecule has 0 aliphatic carbocycles. The number of anilines is 1. The molecule has 1 aliphatic heterocycles. The van der Waals surface area contributed by atoms with E-state index in [1.54, 1.807) is 0 Å². The van der Waals surface area contributed by atoms with Crippen molar-refractivity contribution in [3.63, 3.8) is 0 Å². The van der Waals surface area contributed by atoms with Crippen LogP contribution in [-0.2, 0) is 15.7 Å². The normalized spacial score (nSPS) is 17.2. The first-order chi connectivity index (χ1) is 13.6. The fourth-order valence-electron chi connectivity index (χ4n) is 2.77. The van der Waals surface area contributed by atoms with Crippen molar-refractivity contribution in [2.24, 2.45) is 0 Å². The van der Waals surface area contributed by atoms with E-state index < -0.39 is 29.8 Å². The van der Waals surface area contributed by atoms with E-state index in [0.717, 1.165) is 25.2 Å². The van der Waals surface area contributed by atoms with Gasteiger partial charge in [0.2, 0.25) is 6.23 Å². The van der Waals surface area contributed by atoms with Crippen molar-refractivity contribution in [2.45, 2.75) is 31.9 Å². The monoisotopic (exact) mass is 430 g/mol. The minimum absolute atomic E-state index is 0.103. The maximum absolute atomic E-state index is 13.1. The first kappa shape index (κ1) is 23.6. The van der Waals surface area contributed by atoms with E-state index in [1.807, 2.05) is 5.32 Å². The highest BCUT2D eigenvalue weighted by atomic mass is 19.4. The lowest BCUT2D eigenvalue weighted by molar-refractivity contribution is -0.209. The molecule has 1 atom stereocenters. The van der Waals surface area contributed by atoms with Crippen LogP contribution >= 0.6 is 0 Å². The summed E-state index contributed by atoms with van der Waals surface area (Å²) in [6.45, 7) is 4.72. The van der Waals surface area contributed by atoms with Crippen LogP contribution in [0.2, 0.25) is 0 Å². The third-order valence-corrected chi connectivity index (χ3v) is 4.20. The Hall–Kier alpha value is -1.72. The molecule has 0 amide bonds. The summed E-state index contributed by atoms with van der Waals surface area (Å²) in [7, 11) is 0. The van der Waals surface area contributed by atoms with Crippen LogP contribution in [0.4, 0.5) is 32.0 Å². The third-order valence-electron chi connectivity index (χ3n) is 4.20. The van der Waals surface area contributed by atoms with Gasteiger partial charge in [-0.2, -0.15) is 26.3 Å². The fourth-order valence-corrected chi connectivity index (χ4v) is 2.77. The number of rotatable bonds is 9. The van der Waals surface area contributed by atoms with Crippen molar-refractivity contribution < 1.29 is 40.6 Å². The number of halogens is 6. The van der Waals surface area contributed by atoms with Gasteiger partial charge in [0.1, 0.15) is 5.75 Å². The Labute approximate surface area is 164 Å². The number of ether oxygens (including phenoxy) is 3. The van der Waals surface area contributed by atoms with Crippen LogP contribution in [0.1, 0.15) is 18.9 Å². The maximum atomic E-state index is 13.1. The van der Waals surface area contributed by atoms with Crippen molar-refractivity contribution in [3.05, 3.63) is 23.8 Å². The zero-order valence-corrected chi connectivity index (χ0v) is 15.9. The Morgan fingerprint density at radius 3 is 2.41 bits per heavy atom. The third kappa shape index (κ3) is 7.56. The zero-order chi connectivity index (χ0) is 21.5. The predicted molar refractivity (Wildman–Crippen MR) is 93.9 cm³/mol. The number of nitrogens with zero attached hydrogens (tertiary/aromatic N) is 1. The quantitative estimate of drug-likeness (QED) is 0.362. The fraction of sp³-hybridized carbons (Fsp3) is 0.667. The molecule has 29 heavy (non-hydrogen) atoms. The molecule has 0 aromatic heterocycles. The molecule has 5 nitrogen and oxygen atoms in total. The van der Waals surface area contributed by atoms with Crippen molar-refractivity contribution in [1.82, 2.24) is 4.90 Å². The van der Waals surface area contributed by atoms with Crippen LogP contribution in [0.25, 0.3) is 0 Å². The highest BCUT2D eigenvalue weighted by molar-refractivity contribution is 5.59. The first-order valence-corrected chi connectivity index (χ1v) is 9.20. The van der Waals surface area contributed by atoms with Crippen LogP contribution < -0.4 is 10.1 Å². The molecule has 1 heterocycles. The highest BCUT2D eigenvalue weighted by Gasteiger charge is 2.41. The van der Waals surface area contributed by atoms with E-state index in [4.69, 9.17) is 9.47 Å². The van der Waals surface area contributed by atoms with Gasteiger partial charge in [-0.15, -0.1) is 0 Å². The Morgan fingerprint density at radius 2 is 1.83 bits per heavy atom.